The van der Waals surface area contributed by atoms with Gasteiger partial charge >= 0.3 is 17.9 Å². The molecule has 0 spiro atoms. The number of esters is 3. The molecule has 0 amide bonds. The van der Waals surface area contributed by atoms with E-state index in [0.717, 1.165) is 40.7 Å². The summed E-state index contributed by atoms with van der Waals surface area (Å²) in [6.45, 7) is 27.9. The van der Waals surface area contributed by atoms with Gasteiger partial charge in [-0.25, -0.2) is 0 Å². The van der Waals surface area contributed by atoms with Crippen LogP contribution in [0.5, 0.6) is 11.5 Å². The average molecular weight is 795 g/mol. The first-order valence-corrected chi connectivity index (χ1v) is 20.7. The summed E-state index contributed by atoms with van der Waals surface area (Å²) in [6, 6.07) is 7.50. The van der Waals surface area contributed by atoms with Gasteiger partial charge in [-0.05, 0) is 69.9 Å². The second kappa shape index (κ2) is 18.9. The van der Waals surface area contributed by atoms with Crippen molar-refractivity contribution < 1.29 is 38.4 Å². The average Bonchev–Trinajstić information content (AvgIpc) is 3.08. The SMILES string of the molecule is CC(=O)OC1=C(C(C)(C)/C=C(\C)CC(C)C)C(C)=C(OC(=O)CCC(O)Oc2c(C)c(C(C)(C)/C=C(\C)CC(C)C)c(OC(C)=O)c3ccccc23)C2=CC=CCC21. The van der Waals surface area contributed by atoms with Gasteiger partial charge in [0.05, 0.1) is 6.42 Å². The highest BCUT2D eigenvalue weighted by Gasteiger charge is 2.41. The smallest absolute Gasteiger partial charge is 0.311 e. The van der Waals surface area contributed by atoms with Crippen molar-refractivity contribution >= 4 is 28.7 Å². The van der Waals surface area contributed by atoms with E-state index in [9.17, 15) is 19.5 Å². The van der Waals surface area contributed by atoms with Crippen LogP contribution in [-0.2, 0) is 29.3 Å². The molecule has 0 aromatic heterocycles. The third-order valence-corrected chi connectivity index (χ3v) is 10.6. The van der Waals surface area contributed by atoms with Crippen molar-refractivity contribution in [3.8, 4) is 11.5 Å². The molecule has 2 aliphatic carbocycles. The first-order chi connectivity index (χ1) is 27.0. The first-order valence-electron chi connectivity index (χ1n) is 20.7. The summed E-state index contributed by atoms with van der Waals surface area (Å²) in [7, 11) is 0. The molecule has 8 heteroatoms. The van der Waals surface area contributed by atoms with Gasteiger partial charge in [0.1, 0.15) is 23.0 Å². The lowest BCUT2D eigenvalue weighted by molar-refractivity contribution is -0.142. The van der Waals surface area contributed by atoms with E-state index in [-0.39, 0.29) is 18.8 Å². The predicted molar refractivity (Wildman–Crippen MR) is 232 cm³/mol. The van der Waals surface area contributed by atoms with Crippen molar-refractivity contribution in [2.75, 3.05) is 0 Å². The minimum Gasteiger partial charge on any atom is -0.464 e. The van der Waals surface area contributed by atoms with Crippen LogP contribution in [0.15, 0.2) is 94.0 Å². The quantitative estimate of drug-likeness (QED) is 0.0774. The van der Waals surface area contributed by atoms with Crippen LogP contribution in [0.1, 0.15) is 133 Å². The molecule has 0 bridgehead atoms. The van der Waals surface area contributed by atoms with Crippen LogP contribution in [0.2, 0.25) is 0 Å². The molecule has 2 aromatic rings. The molecule has 0 heterocycles. The molecule has 1 N–H and O–H groups in total. The van der Waals surface area contributed by atoms with Crippen LogP contribution in [0.3, 0.4) is 0 Å². The monoisotopic (exact) mass is 794 g/mol. The molecule has 0 saturated carbocycles. The van der Waals surface area contributed by atoms with Crippen LogP contribution < -0.4 is 9.47 Å². The maximum Gasteiger partial charge on any atom is 0.311 e. The standard InChI is InChI=1S/C50H66O8/c1-29(2)25-31(5)27-49(11,12)43-33(7)45(37-19-15-17-21-39(37)47(43)55-35(9)51)57-41(53)23-24-42(54)58-46-34(8)44(50(13,14)28-32(6)26-30(3)4)48(56-36(10)52)40-22-18-16-20-38(40)46/h15-21,27-30,40-41,53H,22-26H2,1-14H3/b31-27+,32-28+. The van der Waals surface area contributed by atoms with Gasteiger partial charge in [0, 0.05) is 64.5 Å². The zero-order valence-electron chi connectivity index (χ0n) is 37.3. The Hall–Kier alpha value is -4.69. The van der Waals surface area contributed by atoms with Crippen molar-refractivity contribution in [2.45, 2.75) is 141 Å². The number of rotatable bonds is 16. The number of carbonyl (C=O) groups is 3. The van der Waals surface area contributed by atoms with Crippen LogP contribution in [0.25, 0.3) is 10.8 Å². The lowest BCUT2D eigenvalue weighted by atomic mass is 9.70. The number of fused-ring (bicyclic) bond motifs is 2. The molecule has 58 heavy (non-hydrogen) atoms. The van der Waals surface area contributed by atoms with Crippen molar-refractivity contribution in [3.05, 3.63) is 105 Å². The van der Waals surface area contributed by atoms with Gasteiger partial charge in [0.2, 0.25) is 0 Å². The van der Waals surface area contributed by atoms with Crippen molar-refractivity contribution in [1.29, 1.82) is 0 Å². The van der Waals surface area contributed by atoms with E-state index in [1.807, 2.05) is 56.3 Å². The highest BCUT2D eigenvalue weighted by molar-refractivity contribution is 5.98. The number of hydrogen-bond donors (Lipinski definition) is 1. The van der Waals surface area contributed by atoms with Gasteiger partial charge in [-0.3, -0.25) is 14.4 Å². The Balaban J connectivity index is 1.69. The van der Waals surface area contributed by atoms with Crippen molar-refractivity contribution in [3.63, 3.8) is 0 Å². The highest BCUT2D eigenvalue weighted by Crippen LogP contribution is 2.50. The Morgan fingerprint density at radius 1 is 0.810 bits per heavy atom. The predicted octanol–water partition coefficient (Wildman–Crippen LogP) is 12.0. The van der Waals surface area contributed by atoms with Crippen LogP contribution in [0.4, 0.5) is 0 Å². The normalized spacial score (nSPS) is 17.1. The third-order valence-electron chi connectivity index (χ3n) is 10.6. The van der Waals surface area contributed by atoms with E-state index in [1.54, 1.807) is 0 Å². The molecule has 8 nitrogen and oxygen atoms in total. The van der Waals surface area contributed by atoms with E-state index in [4.69, 9.17) is 18.9 Å². The molecule has 2 aromatic carbocycles. The molecule has 0 aliphatic heterocycles. The van der Waals surface area contributed by atoms with Crippen molar-refractivity contribution in [1.82, 2.24) is 0 Å². The van der Waals surface area contributed by atoms with E-state index in [2.05, 4.69) is 81.4 Å². The second-order valence-corrected chi connectivity index (χ2v) is 18.1. The Morgan fingerprint density at radius 3 is 1.91 bits per heavy atom. The van der Waals surface area contributed by atoms with Crippen LogP contribution in [0, 0.1) is 30.1 Å². The third kappa shape index (κ3) is 11.1. The Kier molecular flexibility index (Phi) is 15.0. The summed E-state index contributed by atoms with van der Waals surface area (Å²) in [4.78, 5) is 38.7. The van der Waals surface area contributed by atoms with Gasteiger partial charge in [0.15, 0.2) is 6.29 Å². The molecule has 0 radical (unpaired) electrons. The van der Waals surface area contributed by atoms with E-state index in [0.29, 0.717) is 52.0 Å². The summed E-state index contributed by atoms with van der Waals surface area (Å²) < 4.78 is 24.5. The summed E-state index contributed by atoms with van der Waals surface area (Å²) in [5.74, 6) is 1.22. The molecule has 2 unspecified atom stereocenters. The van der Waals surface area contributed by atoms with Crippen LogP contribution in [-0.4, -0.2) is 29.3 Å². The van der Waals surface area contributed by atoms with Gasteiger partial charge in [-0.1, -0.05) is 121 Å². The maximum atomic E-state index is 13.8. The minimum absolute atomic E-state index is 0.0385. The molecule has 2 aliphatic rings. The van der Waals surface area contributed by atoms with Gasteiger partial charge < -0.3 is 24.1 Å². The zero-order chi connectivity index (χ0) is 43.3. The fraction of sp³-hybridized carbons (Fsp3) is 0.500. The number of aliphatic hydroxyl groups excluding tert-OH is 1. The zero-order valence-corrected chi connectivity index (χ0v) is 37.3. The first kappa shape index (κ1) is 46.0. The summed E-state index contributed by atoms with van der Waals surface area (Å²) in [5.41, 5.74) is 5.13. The second-order valence-electron chi connectivity index (χ2n) is 18.1. The molecule has 4 rings (SSSR count). The van der Waals surface area contributed by atoms with Crippen molar-refractivity contribution in [2.24, 2.45) is 23.2 Å². The number of allylic oxidation sites excluding steroid dienone is 11. The van der Waals surface area contributed by atoms with Crippen LogP contribution >= 0.6 is 0 Å². The highest BCUT2D eigenvalue weighted by atomic mass is 16.6. The summed E-state index contributed by atoms with van der Waals surface area (Å²) in [5, 5.41) is 12.8. The molecule has 0 fully saturated rings. The fourth-order valence-electron chi connectivity index (χ4n) is 9.07. The number of carbonyl (C=O) groups excluding carboxylic acids is 3. The minimum atomic E-state index is -1.35. The number of hydrogen-bond acceptors (Lipinski definition) is 8. The molecular formula is C50H66O8. The van der Waals surface area contributed by atoms with Gasteiger partial charge in [0.25, 0.3) is 0 Å². The lowest BCUT2D eigenvalue weighted by Crippen LogP contribution is -2.29. The molecule has 314 valence electrons. The van der Waals surface area contributed by atoms with E-state index >= 15 is 0 Å². The molecule has 2 atom stereocenters. The summed E-state index contributed by atoms with van der Waals surface area (Å²) >= 11 is 0. The van der Waals surface area contributed by atoms with Gasteiger partial charge in [-0.2, -0.15) is 0 Å². The largest absolute Gasteiger partial charge is 0.464 e. The van der Waals surface area contributed by atoms with E-state index in [1.165, 1.54) is 25.0 Å². The lowest BCUT2D eigenvalue weighted by Gasteiger charge is -2.38. The number of benzene rings is 2. The molecule has 0 saturated heterocycles. The topological polar surface area (TPSA) is 108 Å². The fourth-order valence-corrected chi connectivity index (χ4v) is 9.07. The molecular weight excluding hydrogens is 729 g/mol. The summed E-state index contributed by atoms with van der Waals surface area (Å²) in [6.07, 6.45) is 11.2. The maximum absolute atomic E-state index is 13.8. The number of aliphatic hydroxyl groups is 1. The van der Waals surface area contributed by atoms with E-state index < -0.39 is 35.0 Å². The Labute approximate surface area is 346 Å². The van der Waals surface area contributed by atoms with Gasteiger partial charge in [-0.15, -0.1) is 0 Å². The Bertz CT molecular complexity index is 2100. The number of ether oxygens (including phenoxy) is 4. The Morgan fingerprint density at radius 2 is 1.36 bits per heavy atom.